The average molecular weight is 310 g/mol. The van der Waals surface area contributed by atoms with Gasteiger partial charge in [-0.1, -0.05) is 29.8 Å². The zero-order valence-corrected chi connectivity index (χ0v) is 12.6. The molecule has 0 aliphatic carbocycles. The lowest BCUT2D eigenvalue weighted by Gasteiger charge is -2.05. The molecule has 0 N–H and O–H groups in total. The van der Waals surface area contributed by atoms with E-state index >= 15 is 0 Å². The Kier molecular flexibility index (Phi) is 2.81. The first-order valence-electron chi connectivity index (χ1n) is 6.88. The molecule has 0 saturated heterocycles. The Morgan fingerprint density at radius 2 is 1.73 bits per heavy atom. The summed E-state index contributed by atoms with van der Waals surface area (Å²) < 4.78 is 3.40. The number of halogens is 1. The molecular weight excluding hydrogens is 298 g/mol. The predicted octanol–water partition coefficient (Wildman–Crippen LogP) is 3.53. The lowest BCUT2D eigenvalue weighted by Crippen LogP contribution is -2.20. The van der Waals surface area contributed by atoms with Gasteiger partial charge in [0.25, 0.3) is 5.56 Å². The van der Waals surface area contributed by atoms with Crippen LogP contribution in [0.3, 0.4) is 0 Å². The quantitative estimate of drug-likeness (QED) is 0.539. The molecule has 0 amide bonds. The van der Waals surface area contributed by atoms with Gasteiger partial charge in [-0.15, -0.1) is 0 Å². The van der Waals surface area contributed by atoms with Gasteiger partial charge in [-0.05, 0) is 30.3 Å². The standard InChI is InChI=1S/C17H12ClN3O/c1-20-14-5-3-2-4-13(14)17-15(20)10-16(22)21(19-17)12-8-6-11(18)7-9-12/h2-10H,1H3. The van der Waals surface area contributed by atoms with Crippen molar-refractivity contribution in [2.75, 3.05) is 0 Å². The van der Waals surface area contributed by atoms with Crippen LogP contribution in [0.15, 0.2) is 59.4 Å². The van der Waals surface area contributed by atoms with Crippen LogP contribution in [0.5, 0.6) is 0 Å². The largest absolute Gasteiger partial charge is 0.342 e. The monoisotopic (exact) mass is 309 g/mol. The van der Waals surface area contributed by atoms with Crippen LogP contribution in [-0.2, 0) is 7.05 Å². The third-order valence-corrected chi connectivity index (χ3v) is 4.12. The lowest BCUT2D eigenvalue weighted by atomic mass is 10.2. The number of hydrogen-bond donors (Lipinski definition) is 0. The van der Waals surface area contributed by atoms with Crippen LogP contribution in [0.4, 0.5) is 0 Å². The number of nitrogens with zero attached hydrogens (tertiary/aromatic N) is 3. The number of aryl methyl sites for hydroxylation is 1. The lowest BCUT2D eigenvalue weighted by molar-refractivity contribution is 0.829. The van der Waals surface area contributed by atoms with Crippen molar-refractivity contribution in [3.05, 3.63) is 70.0 Å². The van der Waals surface area contributed by atoms with E-state index in [4.69, 9.17) is 11.6 Å². The van der Waals surface area contributed by atoms with Crippen molar-refractivity contribution in [1.82, 2.24) is 14.3 Å². The van der Waals surface area contributed by atoms with Gasteiger partial charge < -0.3 is 4.57 Å². The minimum Gasteiger partial charge on any atom is -0.342 e. The van der Waals surface area contributed by atoms with E-state index in [1.54, 1.807) is 30.3 Å². The van der Waals surface area contributed by atoms with Crippen molar-refractivity contribution in [1.29, 1.82) is 0 Å². The molecule has 0 radical (unpaired) electrons. The van der Waals surface area contributed by atoms with Crippen molar-refractivity contribution in [3.8, 4) is 5.69 Å². The maximum Gasteiger partial charge on any atom is 0.273 e. The van der Waals surface area contributed by atoms with Crippen LogP contribution in [0.2, 0.25) is 5.02 Å². The fraction of sp³-hybridized carbons (Fsp3) is 0.0588. The van der Waals surface area contributed by atoms with Crippen LogP contribution in [0.25, 0.3) is 27.6 Å². The summed E-state index contributed by atoms with van der Waals surface area (Å²) in [5, 5.41) is 6.22. The summed E-state index contributed by atoms with van der Waals surface area (Å²) in [6.45, 7) is 0. The van der Waals surface area contributed by atoms with E-state index < -0.39 is 0 Å². The molecule has 108 valence electrons. The van der Waals surface area contributed by atoms with Crippen molar-refractivity contribution in [2.24, 2.45) is 7.05 Å². The molecule has 4 rings (SSSR count). The molecular formula is C17H12ClN3O. The van der Waals surface area contributed by atoms with Crippen molar-refractivity contribution in [3.63, 3.8) is 0 Å². The maximum atomic E-state index is 12.4. The van der Waals surface area contributed by atoms with Crippen molar-refractivity contribution in [2.45, 2.75) is 0 Å². The maximum absolute atomic E-state index is 12.4. The van der Waals surface area contributed by atoms with E-state index in [2.05, 4.69) is 5.10 Å². The molecule has 4 aromatic rings. The number of rotatable bonds is 1. The van der Waals surface area contributed by atoms with E-state index in [1.807, 2.05) is 35.9 Å². The van der Waals surface area contributed by atoms with Gasteiger partial charge >= 0.3 is 0 Å². The highest BCUT2D eigenvalue weighted by Crippen LogP contribution is 2.25. The highest BCUT2D eigenvalue weighted by molar-refractivity contribution is 6.30. The third kappa shape index (κ3) is 1.84. The SMILES string of the molecule is Cn1c2ccccc2c2nn(-c3ccc(Cl)cc3)c(=O)cc21. The van der Waals surface area contributed by atoms with Crippen LogP contribution < -0.4 is 5.56 Å². The molecule has 2 aromatic carbocycles. The molecule has 0 saturated carbocycles. The highest BCUT2D eigenvalue weighted by Gasteiger charge is 2.12. The summed E-state index contributed by atoms with van der Waals surface area (Å²) >= 11 is 5.90. The summed E-state index contributed by atoms with van der Waals surface area (Å²) in [7, 11) is 1.94. The van der Waals surface area contributed by atoms with Gasteiger partial charge in [0.05, 0.1) is 16.7 Å². The summed E-state index contributed by atoms with van der Waals surface area (Å²) in [6, 6.07) is 16.7. The van der Waals surface area contributed by atoms with Gasteiger partial charge in [-0.25, -0.2) is 0 Å². The van der Waals surface area contributed by atoms with Gasteiger partial charge in [0.1, 0.15) is 5.52 Å². The Bertz CT molecular complexity index is 1060. The molecule has 0 spiro atoms. The molecule has 5 heteroatoms. The number of hydrogen-bond acceptors (Lipinski definition) is 2. The topological polar surface area (TPSA) is 39.8 Å². The minimum absolute atomic E-state index is 0.166. The molecule has 0 fully saturated rings. The third-order valence-electron chi connectivity index (χ3n) is 3.86. The van der Waals surface area contributed by atoms with Crippen molar-refractivity contribution >= 4 is 33.5 Å². The summed E-state index contributed by atoms with van der Waals surface area (Å²) in [5.41, 5.74) is 3.23. The second-order valence-corrected chi connectivity index (χ2v) is 5.62. The molecule has 4 nitrogen and oxygen atoms in total. The second-order valence-electron chi connectivity index (χ2n) is 5.18. The normalized spacial score (nSPS) is 11.4. The highest BCUT2D eigenvalue weighted by atomic mass is 35.5. The fourth-order valence-corrected chi connectivity index (χ4v) is 2.88. The number of fused-ring (bicyclic) bond motifs is 3. The molecule has 0 bridgehead atoms. The zero-order chi connectivity index (χ0) is 15.3. The Morgan fingerprint density at radius 3 is 2.50 bits per heavy atom. The van der Waals surface area contributed by atoms with E-state index in [1.165, 1.54) is 4.68 Å². The Balaban J connectivity index is 2.09. The predicted molar refractivity (Wildman–Crippen MR) is 88.8 cm³/mol. The molecule has 2 aromatic heterocycles. The van der Waals surface area contributed by atoms with E-state index in [-0.39, 0.29) is 5.56 Å². The Hall–Kier alpha value is -2.59. The minimum atomic E-state index is -0.166. The van der Waals surface area contributed by atoms with Gasteiger partial charge in [0.15, 0.2) is 0 Å². The molecule has 22 heavy (non-hydrogen) atoms. The molecule has 0 atom stereocenters. The molecule has 2 heterocycles. The van der Waals surface area contributed by atoms with Crippen molar-refractivity contribution < 1.29 is 0 Å². The average Bonchev–Trinajstić information content (AvgIpc) is 2.81. The van der Waals surface area contributed by atoms with E-state index in [0.29, 0.717) is 10.7 Å². The van der Waals surface area contributed by atoms with E-state index in [0.717, 1.165) is 21.9 Å². The Morgan fingerprint density at radius 1 is 1.00 bits per heavy atom. The first-order valence-corrected chi connectivity index (χ1v) is 7.26. The molecule has 0 unspecified atom stereocenters. The van der Waals surface area contributed by atoms with Gasteiger partial charge in [-0.2, -0.15) is 9.78 Å². The van der Waals surface area contributed by atoms with E-state index in [9.17, 15) is 4.79 Å². The second kappa shape index (κ2) is 4.71. The zero-order valence-electron chi connectivity index (χ0n) is 11.8. The Labute approximate surface area is 131 Å². The first-order chi connectivity index (χ1) is 10.6. The van der Waals surface area contributed by atoms with Crippen LogP contribution in [0, 0.1) is 0 Å². The fourth-order valence-electron chi connectivity index (χ4n) is 2.76. The summed E-state index contributed by atoms with van der Waals surface area (Å²) in [5.74, 6) is 0. The number of aromatic nitrogens is 3. The van der Waals surface area contributed by atoms with Gasteiger partial charge in [0.2, 0.25) is 0 Å². The first kappa shape index (κ1) is 13.1. The molecule has 0 aliphatic heterocycles. The number of benzene rings is 2. The molecule has 0 aliphatic rings. The van der Waals surface area contributed by atoms with Crippen LogP contribution in [0.1, 0.15) is 0 Å². The van der Waals surface area contributed by atoms with Gasteiger partial charge in [0, 0.05) is 23.5 Å². The van der Waals surface area contributed by atoms with Gasteiger partial charge in [-0.3, -0.25) is 4.79 Å². The van der Waals surface area contributed by atoms with Crippen LogP contribution in [-0.4, -0.2) is 14.3 Å². The summed E-state index contributed by atoms with van der Waals surface area (Å²) in [6.07, 6.45) is 0. The van der Waals surface area contributed by atoms with Crippen LogP contribution >= 0.6 is 11.6 Å². The smallest absolute Gasteiger partial charge is 0.273 e. The summed E-state index contributed by atoms with van der Waals surface area (Å²) in [4.78, 5) is 12.4. The number of para-hydroxylation sites is 1.